The average Bonchev–Trinajstić information content (AvgIpc) is 2.51. The van der Waals surface area contributed by atoms with E-state index in [0.29, 0.717) is 19.4 Å². The van der Waals surface area contributed by atoms with E-state index in [2.05, 4.69) is 0 Å². The van der Waals surface area contributed by atoms with Gasteiger partial charge in [-0.05, 0) is 39.2 Å². The molecule has 0 spiro atoms. The van der Waals surface area contributed by atoms with Crippen molar-refractivity contribution in [3.63, 3.8) is 0 Å². The lowest BCUT2D eigenvalue weighted by Crippen LogP contribution is -2.37. The SMILES string of the molecule is CC(C)(C)OC(=O)[C@@H](N)CCCCCC(=O)OCc1ccccc1. The van der Waals surface area contributed by atoms with Crippen LogP contribution in [0.5, 0.6) is 0 Å². The van der Waals surface area contributed by atoms with Crippen LogP contribution in [0, 0.1) is 0 Å². The van der Waals surface area contributed by atoms with Gasteiger partial charge in [0.2, 0.25) is 0 Å². The Balaban J connectivity index is 2.09. The Bertz CT molecular complexity index is 508. The number of ether oxygens (including phenoxy) is 2. The molecule has 0 radical (unpaired) electrons. The first-order valence-corrected chi connectivity index (χ1v) is 8.46. The smallest absolute Gasteiger partial charge is 0.323 e. The van der Waals surface area contributed by atoms with Gasteiger partial charge in [-0.3, -0.25) is 9.59 Å². The summed E-state index contributed by atoms with van der Waals surface area (Å²) < 4.78 is 10.4. The molecule has 0 aliphatic carbocycles. The summed E-state index contributed by atoms with van der Waals surface area (Å²) in [5.74, 6) is -0.569. The molecule has 1 aromatic carbocycles. The number of rotatable bonds is 9. The molecule has 0 aromatic heterocycles. The first kappa shape index (κ1) is 20.2. The summed E-state index contributed by atoms with van der Waals surface area (Å²) in [5, 5.41) is 0. The van der Waals surface area contributed by atoms with Crippen LogP contribution in [0.15, 0.2) is 30.3 Å². The Kier molecular flexibility index (Phi) is 8.47. The monoisotopic (exact) mass is 335 g/mol. The Morgan fingerprint density at radius 1 is 1.08 bits per heavy atom. The van der Waals surface area contributed by atoms with E-state index in [0.717, 1.165) is 24.8 Å². The van der Waals surface area contributed by atoms with Gasteiger partial charge in [0, 0.05) is 6.42 Å². The summed E-state index contributed by atoms with van der Waals surface area (Å²) in [7, 11) is 0. The molecule has 0 amide bonds. The molecule has 0 fully saturated rings. The summed E-state index contributed by atoms with van der Waals surface area (Å²) in [6.07, 6.45) is 3.29. The van der Waals surface area contributed by atoms with Gasteiger partial charge in [-0.2, -0.15) is 0 Å². The largest absolute Gasteiger partial charge is 0.461 e. The first-order chi connectivity index (χ1) is 11.3. The van der Waals surface area contributed by atoms with E-state index in [4.69, 9.17) is 15.2 Å². The molecular weight excluding hydrogens is 306 g/mol. The minimum atomic E-state index is -0.603. The van der Waals surface area contributed by atoms with Crippen LogP contribution in [-0.4, -0.2) is 23.6 Å². The number of hydrogen-bond donors (Lipinski definition) is 1. The quantitative estimate of drug-likeness (QED) is 0.553. The van der Waals surface area contributed by atoms with Crippen LogP contribution < -0.4 is 5.73 Å². The van der Waals surface area contributed by atoms with Crippen LogP contribution in [-0.2, 0) is 25.7 Å². The Hall–Kier alpha value is -1.88. The normalized spacial score (nSPS) is 12.5. The van der Waals surface area contributed by atoms with Crippen LogP contribution in [0.25, 0.3) is 0 Å². The Labute approximate surface area is 144 Å². The molecule has 0 unspecified atom stereocenters. The number of carbonyl (C=O) groups excluding carboxylic acids is 2. The highest BCUT2D eigenvalue weighted by Gasteiger charge is 2.21. The van der Waals surface area contributed by atoms with Gasteiger partial charge in [-0.15, -0.1) is 0 Å². The standard InChI is InChI=1S/C19H29NO4/c1-19(2,3)24-18(22)16(20)12-8-5-9-13-17(21)23-14-15-10-6-4-7-11-15/h4,6-7,10-11,16H,5,8-9,12-14,20H2,1-3H3/t16-/m0/s1. The molecule has 1 rings (SSSR count). The highest BCUT2D eigenvalue weighted by molar-refractivity contribution is 5.75. The molecule has 0 bridgehead atoms. The average molecular weight is 335 g/mol. The fraction of sp³-hybridized carbons (Fsp3) is 0.579. The second kappa shape index (κ2) is 10.1. The zero-order valence-electron chi connectivity index (χ0n) is 14.9. The summed E-state index contributed by atoms with van der Waals surface area (Å²) >= 11 is 0. The van der Waals surface area contributed by atoms with E-state index in [1.54, 1.807) is 0 Å². The van der Waals surface area contributed by atoms with Crippen molar-refractivity contribution in [2.45, 2.75) is 71.1 Å². The van der Waals surface area contributed by atoms with Crippen molar-refractivity contribution in [1.82, 2.24) is 0 Å². The van der Waals surface area contributed by atoms with Gasteiger partial charge < -0.3 is 15.2 Å². The van der Waals surface area contributed by atoms with Crippen LogP contribution in [0.4, 0.5) is 0 Å². The van der Waals surface area contributed by atoms with Crippen molar-refractivity contribution < 1.29 is 19.1 Å². The van der Waals surface area contributed by atoms with Crippen molar-refractivity contribution in [3.05, 3.63) is 35.9 Å². The van der Waals surface area contributed by atoms with Crippen LogP contribution in [0.3, 0.4) is 0 Å². The van der Waals surface area contributed by atoms with Gasteiger partial charge in [0.05, 0.1) is 0 Å². The molecule has 0 saturated carbocycles. The van der Waals surface area contributed by atoms with Gasteiger partial charge >= 0.3 is 11.9 Å². The molecule has 5 nitrogen and oxygen atoms in total. The minimum absolute atomic E-state index is 0.199. The van der Waals surface area contributed by atoms with Gasteiger partial charge in [-0.25, -0.2) is 0 Å². The van der Waals surface area contributed by atoms with Crippen molar-refractivity contribution >= 4 is 11.9 Å². The van der Waals surface area contributed by atoms with Crippen LogP contribution in [0.2, 0.25) is 0 Å². The lowest BCUT2D eigenvalue weighted by atomic mass is 10.1. The van der Waals surface area contributed by atoms with Crippen LogP contribution in [0.1, 0.15) is 58.4 Å². The highest BCUT2D eigenvalue weighted by atomic mass is 16.6. The molecule has 1 aromatic rings. The second-order valence-corrected chi connectivity index (χ2v) is 6.89. The van der Waals surface area contributed by atoms with Crippen LogP contribution >= 0.6 is 0 Å². The van der Waals surface area contributed by atoms with Crippen molar-refractivity contribution in [3.8, 4) is 0 Å². The predicted molar refractivity (Wildman–Crippen MR) is 93.1 cm³/mol. The third-order valence-electron chi connectivity index (χ3n) is 3.35. The van der Waals surface area contributed by atoms with Gasteiger partial charge in [0.1, 0.15) is 18.2 Å². The lowest BCUT2D eigenvalue weighted by Gasteiger charge is -2.22. The third-order valence-corrected chi connectivity index (χ3v) is 3.35. The zero-order valence-corrected chi connectivity index (χ0v) is 14.9. The fourth-order valence-corrected chi connectivity index (χ4v) is 2.12. The van der Waals surface area contributed by atoms with Crippen molar-refractivity contribution in [2.24, 2.45) is 5.73 Å². The Morgan fingerprint density at radius 2 is 1.75 bits per heavy atom. The number of unbranched alkanes of at least 4 members (excludes halogenated alkanes) is 2. The number of esters is 2. The summed E-state index contributed by atoms with van der Waals surface area (Å²) in [6, 6.07) is 8.99. The van der Waals surface area contributed by atoms with Crippen molar-refractivity contribution in [1.29, 1.82) is 0 Å². The fourth-order valence-electron chi connectivity index (χ4n) is 2.12. The number of hydrogen-bond acceptors (Lipinski definition) is 5. The highest BCUT2D eigenvalue weighted by Crippen LogP contribution is 2.12. The Morgan fingerprint density at radius 3 is 2.38 bits per heavy atom. The first-order valence-electron chi connectivity index (χ1n) is 8.46. The molecule has 2 N–H and O–H groups in total. The third kappa shape index (κ3) is 9.30. The molecule has 24 heavy (non-hydrogen) atoms. The van der Waals surface area contributed by atoms with Gasteiger partial charge in [0.15, 0.2) is 0 Å². The van der Waals surface area contributed by atoms with E-state index in [9.17, 15) is 9.59 Å². The van der Waals surface area contributed by atoms with Crippen molar-refractivity contribution in [2.75, 3.05) is 0 Å². The lowest BCUT2D eigenvalue weighted by molar-refractivity contribution is -0.156. The summed E-state index contributed by atoms with van der Waals surface area (Å²) in [4.78, 5) is 23.4. The minimum Gasteiger partial charge on any atom is -0.461 e. The molecule has 1 atom stereocenters. The molecule has 134 valence electrons. The maximum absolute atomic E-state index is 11.7. The zero-order chi connectivity index (χ0) is 18.0. The van der Waals surface area contributed by atoms with E-state index < -0.39 is 11.6 Å². The summed E-state index contributed by atoms with van der Waals surface area (Å²) in [6.45, 7) is 5.76. The van der Waals surface area contributed by atoms with E-state index in [-0.39, 0.29) is 11.9 Å². The molecular formula is C19H29NO4. The number of carbonyl (C=O) groups is 2. The molecule has 0 heterocycles. The van der Waals surface area contributed by atoms with E-state index in [1.807, 2.05) is 51.1 Å². The second-order valence-electron chi connectivity index (χ2n) is 6.89. The maximum Gasteiger partial charge on any atom is 0.323 e. The van der Waals surface area contributed by atoms with Gasteiger partial charge in [-0.1, -0.05) is 43.2 Å². The summed E-state index contributed by atoms with van der Waals surface area (Å²) in [5.41, 5.74) is 6.28. The molecule has 0 saturated heterocycles. The van der Waals surface area contributed by atoms with Gasteiger partial charge in [0.25, 0.3) is 0 Å². The van der Waals surface area contributed by atoms with E-state index >= 15 is 0 Å². The van der Waals surface area contributed by atoms with E-state index in [1.165, 1.54) is 0 Å². The topological polar surface area (TPSA) is 78.6 Å². The number of nitrogens with two attached hydrogens (primary N) is 1. The molecule has 0 aliphatic heterocycles. The molecule has 5 heteroatoms. The number of benzene rings is 1. The predicted octanol–water partition coefficient (Wildman–Crippen LogP) is 3.35. The maximum atomic E-state index is 11.7. The molecule has 0 aliphatic rings.